The second-order valence-corrected chi connectivity index (χ2v) is 4.12. The predicted octanol–water partition coefficient (Wildman–Crippen LogP) is 4.19. The minimum Gasteiger partial charge on any atom is -0.381 e. The van der Waals surface area contributed by atoms with E-state index in [-0.39, 0.29) is 0 Å². The van der Waals surface area contributed by atoms with Crippen molar-refractivity contribution >= 4 is 5.69 Å². The van der Waals surface area contributed by atoms with Crippen molar-refractivity contribution in [3.8, 4) is 0 Å². The molecule has 0 aliphatic heterocycles. The van der Waals surface area contributed by atoms with Crippen LogP contribution in [-0.2, 0) is 12.8 Å². The van der Waals surface area contributed by atoms with Crippen molar-refractivity contribution in [1.29, 1.82) is 0 Å². The average molecular weight is 217 g/mol. The highest BCUT2D eigenvalue weighted by molar-refractivity contribution is 5.58. The highest BCUT2D eigenvalue weighted by atomic mass is 14.9. The Kier molecular flexibility index (Phi) is 5.10. The van der Waals surface area contributed by atoms with E-state index in [9.17, 15) is 0 Å². The van der Waals surface area contributed by atoms with E-state index in [1.54, 1.807) is 0 Å². The number of nitrogens with one attached hydrogen (secondary N) is 1. The zero-order valence-corrected chi connectivity index (χ0v) is 10.8. The van der Waals surface area contributed by atoms with E-state index < -0.39 is 0 Å². The summed E-state index contributed by atoms with van der Waals surface area (Å²) in [6.07, 6.45) is 3.20. The minimum atomic E-state index is 0.889. The smallest absolute Gasteiger partial charge is 0.0407 e. The van der Waals surface area contributed by atoms with Crippen LogP contribution < -0.4 is 5.32 Å². The second kappa shape index (κ2) is 6.37. The minimum absolute atomic E-state index is 0.889. The summed E-state index contributed by atoms with van der Waals surface area (Å²) >= 11 is 0. The van der Waals surface area contributed by atoms with E-state index in [4.69, 9.17) is 0 Å². The van der Waals surface area contributed by atoms with Gasteiger partial charge in [0.15, 0.2) is 0 Å². The van der Waals surface area contributed by atoms with Crippen LogP contribution in [0.3, 0.4) is 0 Å². The average Bonchev–Trinajstić information content (AvgIpc) is 2.35. The van der Waals surface area contributed by atoms with Crippen molar-refractivity contribution in [1.82, 2.24) is 0 Å². The van der Waals surface area contributed by atoms with Gasteiger partial charge in [0.1, 0.15) is 0 Å². The third kappa shape index (κ3) is 3.13. The van der Waals surface area contributed by atoms with E-state index in [0.717, 1.165) is 25.8 Å². The molecule has 0 saturated heterocycles. The molecule has 0 aromatic heterocycles. The van der Waals surface area contributed by atoms with Gasteiger partial charge in [0.2, 0.25) is 0 Å². The molecular formula is C15H23N. The van der Waals surface area contributed by atoms with Gasteiger partial charge >= 0.3 is 0 Å². The first-order chi connectivity index (χ1) is 7.72. The lowest BCUT2D eigenvalue weighted by atomic mass is 10.0. The maximum Gasteiger partial charge on any atom is 0.0407 e. The van der Waals surface area contributed by atoms with Crippen molar-refractivity contribution in [3.05, 3.63) is 41.5 Å². The number of hydrogen-bond acceptors (Lipinski definition) is 1. The Hall–Kier alpha value is -1.24. The summed E-state index contributed by atoms with van der Waals surface area (Å²) in [5.41, 5.74) is 5.39. The maximum atomic E-state index is 4.04. The monoisotopic (exact) mass is 217 g/mol. The van der Waals surface area contributed by atoms with Crippen LogP contribution in [0.25, 0.3) is 0 Å². The zero-order valence-electron chi connectivity index (χ0n) is 10.8. The maximum absolute atomic E-state index is 4.04. The molecule has 1 aromatic carbocycles. The lowest BCUT2D eigenvalue weighted by Crippen LogP contribution is -2.08. The van der Waals surface area contributed by atoms with Crippen molar-refractivity contribution in [3.63, 3.8) is 0 Å². The zero-order chi connectivity index (χ0) is 12.0. The van der Waals surface area contributed by atoms with E-state index >= 15 is 0 Å². The van der Waals surface area contributed by atoms with Gasteiger partial charge in [0.25, 0.3) is 0 Å². The van der Waals surface area contributed by atoms with Gasteiger partial charge in [-0.2, -0.15) is 0 Å². The Bertz CT molecular complexity index is 330. The van der Waals surface area contributed by atoms with Gasteiger partial charge < -0.3 is 5.32 Å². The van der Waals surface area contributed by atoms with Crippen LogP contribution in [0.5, 0.6) is 0 Å². The van der Waals surface area contributed by atoms with Crippen LogP contribution in [0, 0.1) is 0 Å². The molecule has 0 saturated carbocycles. The number of benzene rings is 1. The first-order valence-corrected chi connectivity index (χ1v) is 6.24. The summed E-state index contributed by atoms with van der Waals surface area (Å²) < 4.78 is 0. The summed E-state index contributed by atoms with van der Waals surface area (Å²) in [5, 5.41) is 3.53. The molecule has 16 heavy (non-hydrogen) atoms. The fourth-order valence-corrected chi connectivity index (χ4v) is 1.81. The van der Waals surface area contributed by atoms with Crippen molar-refractivity contribution in [2.45, 2.75) is 40.0 Å². The van der Waals surface area contributed by atoms with Crippen molar-refractivity contribution < 1.29 is 0 Å². The lowest BCUT2D eigenvalue weighted by Gasteiger charge is -2.15. The molecule has 0 aliphatic rings. The van der Waals surface area contributed by atoms with Crippen LogP contribution in [-0.4, -0.2) is 6.54 Å². The first kappa shape index (κ1) is 12.8. The normalized spacial score (nSPS) is 10.2. The van der Waals surface area contributed by atoms with Crippen molar-refractivity contribution in [2.75, 3.05) is 11.9 Å². The van der Waals surface area contributed by atoms with Crippen LogP contribution in [0.15, 0.2) is 30.4 Å². The fourth-order valence-electron chi connectivity index (χ4n) is 1.81. The van der Waals surface area contributed by atoms with Crippen LogP contribution >= 0.6 is 0 Å². The van der Waals surface area contributed by atoms with Gasteiger partial charge in [-0.25, -0.2) is 0 Å². The van der Waals surface area contributed by atoms with Gasteiger partial charge in [-0.3, -0.25) is 0 Å². The molecule has 0 aliphatic carbocycles. The molecule has 0 fully saturated rings. The van der Waals surface area contributed by atoms with Gasteiger partial charge in [-0.15, -0.1) is 0 Å². The summed E-state index contributed by atoms with van der Waals surface area (Å²) in [6.45, 7) is 11.5. The van der Waals surface area contributed by atoms with Crippen LogP contribution in [0.4, 0.5) is 5.69 Å². The quantitative estimate of drug-likeness (QED) is 0.704. The molecule has 1 rings (SSSR count). The van der Waals surface area contributed by atoms with Gasteiger partial charge in [0, 0.05) is 12.2 Å². The molecule has 0 radical (unpaired) electrons. The molecule has 88 valence electrons. The topological polar surface area (TPSA) is 12.0 Å². The Balaban J connectivity index is 2.86. The number of anilines is 1. The van der Waals surface area contributed by atoms with E-state index in [0.29, 0.717) is 0 Å². The van der Waals surface area contributed by atoms with Crippen molar-refractivity contribution in [2.24, 2.45) is 0 Å². The molecule has 1 aromatic rings. The Morgan fingerprint density at radius 1 is 1.12 bits per heavy atom. The molecule has 0 spiro atoms. The summed E-state index contributed by atoms with van der Waals surface area (Å²) in [5.74, 6) is 0. The molecule has 0 bridgehead atoms. The Morgan fingerprint density at radius 2 is 1.69 bits per heavy atom. The number of aryl methyl sites for hydroxylation is 2. The standard InChI is InChI=1S/C15H23N/c1-5-12(4)11-16-15-13(6-2)9-8-10-14(15)7-3/h8-10,16H,4-7,11H2,1-3H3. The SMILES string of the molecule is C=C(CC)CNc1c(CC)cccc1CC. The number of para-hydroxylation sites is 1. The molecule has 1 heteroatoms. The molecule has 0 atom stereocenters. The van der Waals surface area contributed by atoms with Crippen LogP contribution in [0.2, 0.25) is 0 Å². The summed E-state index contributed by atoms with van der Waals surface area (Å²) in [4.78, 5) is 0. The lowest BCUT2D eigenvalue weighted by molar-refractivity contribution is 1.02. The predicted molar refractivity (Wildman–Crippen MR) is 73.1 cm³/mol. The van der Waals surface area contributed by atoms with Gasteiger partial charge in [-0.05, 0) is 30.4 Å². The first-order valence-electron chi connectivity index (χ1n) is 6.24. The molecular weight excluding hydrogens is 194 g/mol. The van der Waals surface area contributed by atoms with Gasteiger partial charge in [-0.1, -0.05) is 51.1 Å². The Morgan fingerprint density at radius 3 is 2.12 bits per heavy atom. The fraction of sp³-hybridized carbons (Fsp3) is 0.467. The summed E-state index contributed by atoms with van der Waals surface area (Å²) in [6, 6.07) is 6.56. The van der Waals surface area contributed by atoms with E-state index in [1.165, 1.54) is 22.4 Å². The molecule has 0 unspecified atom stereocenters. The third-order valence-corrected chi connectivity index (χ3v) is 3.01. The number of rotatable bonds is 6. The van der Waals surface area contributed by atoms with Gasteiger partial charge in [0.05, 0.1) is 0 Å². The van der Waals surface area contributed by atoms with E-state index in [1.807, 2.05) is 0 Å². The highest BCUT2D eigenvalue weighted by Crippen LogP contribution is 2.22. The largest absolute Gasteiger partial charge is 0.381 e. The molecule has 1 N–H and O–H groups in total. The molecule has 1 nitrogen and oxygen atoms in total. The third-order valence-electron chi connectivity index (χ3n) is 3.01. The van der Waals surface area contributed by atoms with E-state index in [2.05, 4.69) is 50.9 Å². The number of hydrogen-bond donors (Lipinski definition) is 1. The van der Waals surface area contributed by atoms with Crippen LogP contribution in [0.1, 0.15) is 38.3 Å². The highest BCUT2D eigenvalue weighted by Gasteiger charge is 2.05. The molecule has 0 heterocycles. The molecule has 0 amide bonds. The second-order valence-electron chi connectivity index (χ2n) is 4.12. The Labute approximate surface area is 99.6 Å². The summed E-state index contributed by atoms with van der Waals surface area (Å²) in [7, 11) is 0.